The number of rotatable bonds is 7. The van der Waals surface area contributed by atoms with E-state index >= 15 is 0 Å². The highest BCUT2D eigenvalue weighted by molar-refractivity contribution is 5.32. The Morgan fingerprint density at radius 1 is 1.04 bits per heavy atom. The van der Waals surface area contributed by atoms with E-state index in [1.165, 1.54) is 24.0 Å². The molecule has 0 spiro atoms. The lowest BCUT2D eigenvalue weighted by atomic mass is 10.0. The topological polar surface area (TPSA) is 71.2 Å². The van der Waals surface area contributed by atoms with Crippen molar-refractivity contribution in [3.05, 3.63) is 41.2 Å². The molecule has 6 heteroatoms. The Bertz CT molecular complexity index is 706. The summed E-state index contributed by atoms with van der Waals surface area (Å²) in [7, 11) is 3.82. The summed E-state index contributed by atoms with van der Waals surface area (Å²) in [6.07, 6.45) is 2.48. The van der Waals surface area contributed by atoms with E-state index in [-0.39, 0.29) is 5.95 Å². The number of hydrogen-bond acceptors (Lipinski definition) is 6. The van der Waals surface area contributed by atoms with Crippen molar-refractivity contribution in [1.82, 2.24) is 19.9 Å². The van der Waals surface area contributed by atoms with Crippen LogP contribution in [-0.2, 0) is 13.1 Å². The Hall–Kier alpha value is -2.21. The molecule has 0 saturated heterocycles. The standard InChI is InChI=1S/C19H28N6/c1-13(2)15-7-5-14(6-8-15)11-25(16-9-10-16)12-17-21-18(20)23-19(22-17)24(3)4/h5-8,13,16H,9-12H2,1-4H3,(H2,20,21,22,23). The first-order valence-corrected chi connectivity index (χ1v) is 8.93. The molecule has 0 bridgehead atoms. The van der Waals surface area contributed by atoms with E-state index in [4.69, 9.17) is 5.73 Å². The second-order valence-electron chi connectivity index (χ2n) is 7.34. The van der Waals surface area contributed by atoms with Crippen LogP contribution in [0.15, 0.2) is 24.3 Å². The number of nitrogen functional groups attached to an aromatic ring is 1. The molecule has 1 aliphatic carbocycles. The highest BCUT2D eigenvalue weighted by Crippen LogP contribution is 2.30. The van der Waals surface area contributed by atoms with E-state index in [1.54, 1.807) is 0 Å². The predicted octanol–water partition coefficient (Wildman–Crippen LogP) is 2.81. The van der Waals surface area contributed by atoms with E-state index in [2.05, 4.69) is 58.0 Å². The van der Waals surface area contributed by atoms with Crippen LogP contribution in [0.4, 0.5) is 11.9 Å². The number of hydrogen-bond donors (Lipinski definition) is 1. The molecular formula is C19H28N6. The second-order valence-corrected chi connectivity index (χ2v) is 7.34. The monoisotopic (exact) mass is 340 g/mol. The highest BCUT2D eigenvalue weighted by atomic mass is 15.3. The van der Waals surface area contributed by atoms with Gasteiger partial charge < -0.3 is 10.6 Å². The molecule has 0 amide bonds. The summed E-state index contributed by atoms with van der Waals surface area (Å²) in [5.41, 5.74) is 8.56. The van der Waals surface area contributed by atoms with Crippen LogP contribution >= 0.6 is 0 Å². The lowest BCUT2D eigenvalue weighted by molar-refractivity contribution is 0.239. The van der Waals surface area contributed by atoms with Crippen molar-refractivity contribution in [2.75, 3.05) is 24.7 Å². The van der Waals surface area contributed by atoms with Crippen molar-refractivity contribution < 1.29 is 0 Å². The lowest BCUT2D eigenvalue weighted by Gasteiger charge is -2.22. The lowest BCUT2D eigenvalue weighted by Crippen LogP contribution is -2.27. The minimum absolute atomic E-state index is 0.283. The van der Waals surface area contributed by atoms with Crippen LogP contribution in [0.25, 0.3) is 0 Å². The quantitative estimate of drug-likeness (QED) is 0.836. The van der Waals surface area contributed by atoms with E-state index in [1.807, 2.05) is 19.0 Å². The molecule has 6 nitrogen and oxygen atoms in total. The fourth-order valence-corrected chi connectivity index (χ4v) is 2.87. The third-order valence-electron chi connectivity index (χ3n) is 4.53. The van der Waals surface area contributed by atoms with Gasteiger partial charge in [0.1, 0.15) is 5.82 Å². The molecule has 2 aromatic rings. The van der Waals surface area contributed by atoms with Crippen LogP contribution < -0.4 is 10.6 Å². The number of nitrogens with two attached hydrogens (primary N) is 1. The molecule has 25 heavy (non-hydrogen) atoms. The Kier molecular flexibility index (Phi) is 5.18. The van der Waals surface area contributed by atoms with E-state index in [0.29, 0.717) is 24.5 Å². The summed E-state index contributed by atoms with van der Waals surface area (Å²) < 4.78 is 0. The van der Waals surface area contributed by atoms with Gasteiger partial charge in [-0.25, -0.2) is 0 Å². The van der Waals surface area contributed by atoms with Gasteiger partial charge in [-0.15, -0.1) is 0 Å². The van der Waals surface area contributed by atoms with Gasteiger partial charge in [-0.2, -0.15) is 15.0 Å². The van der Waals surface area contributed by atoms with Gasteiger partial charge >= 0.3 is 0 Å². The Morgan fingerprint density at radius 2 is 1.72 bits per heavy atom. The van der Waals surface area contributed by atoms with Gasteiger partial charge in [0.2, 0.25) is 11.9 Å². The molecule has 0 atom stereocenters. The number of nitrogens with zero attached hydrogens (tertiary/aromatic N) is 5. The molecule has 1 aromatic carbocycles. The summed E-state index contributed by atoms with van der Waals surface area (Å²) in [6, 6.07) is 9.55. The first-order valence-electron chi connectivity index (χ1n) is 8.93. The molecule has 0 aliphatic heterocycles. The van der Waals surface area contributed by atoms with E-state index in [0.717, 1.165) is 12.4 Å². The molecule has 0 unspecified atom stereocenters. The van der Waals surface area contributed by atoms with Crippen LogP contribution in [-0.4, -0.2) is 40.0 Å². The molecule has 3 rings (SSSR count). The van der Waals surface area contributed by atoms with Gasteiger partial charge in [0.25, 0.3) is 0 Å². The molecule has 1 heterocycles. The molecular weight excluding hydrogens is 312 g/mol. The van der Waals surface area contributed by atoms with Gasteiger partial charge in [0.15, 0.2) is 0 Å². The van der Waals surface area contributed by atoms with Crippen LogP contribution in [0.3, 0.4) is 0 Å². The average Bonchev–Trinajstić information content (AvgIpc) is 3.39. The summed E-state index contributed by atoms with van der Waals surface area (Å²) in [4.78, 5) is 17.3. The van der Waals surface area contributed by atoms with Crippen LogP contribution in [0, 0.1) is 0 Å². The average molecular weight is 340 g/mol. The third kappa shape index (κ3) is 4.66. The highest BCUT2D eigenvalue weighted by Gasteiger charge is 2.29. The summed E-state index contributed by atoms with van der Waals surface area (Å²) in [5.74, 6) is 2.19. The SMILES string of the molecule is CC(C)c1ccc(CN(Cc2nc(N)nc(N(C)C)n2)C2CC2)cc1. The maximum atomic E-state index is 5.85. The second kappa shape index (κ2) is 7.35. The van der Waals surface area contributed by atoms with Crippen molar-refractivity contribution in [1.29, 1.82) is 0 Å². The number of aromatic nitrogens is 3. The zero-order valence-corrected chi connectivity index (χ0v) is 15.6. The third-order valence-corrected chi connectivity index (χ3v) is 4.53. The van der Waals surface area contributed by atoms with Crippen molar-refractivity contribution >= 4 is 11.9 Å². The van der Waals surface area contributed by atoms with E-state index < -0.39 is 0 Å². The van der Waals surface area contributed by atoms with Gasteiger partial charge in [-0.3, -0.25) is 4.90 Å². The number of anilines is 2. The zero-order valence-electron chi connectivity index (χ0n) is 15.6. The van der Waals surface area contributed by atoms with Crippen LogP contribution in [0.5, 0.6) is 0 Å². The molecule has 134 valence electrons. The first kappa shape index (κ1) is 17.6. The first-order chi connectivity index (χ1) is 11.9. The smallest absolute Gasteiger partial charge is 0.229 e. The van der Waals surface area contributed by atoms with E-state index in [9.17, 15) is 0 Å². The molecule has 1 saturated carbocycles. The van der Waals surface area contributed by atoms with Gasteiger partial charge in [-0.1, -0.05) is 38.1 Å². The van der Waals surface area contributed by atoms with Crippen LogP contribution in [0.2, 0.25) is 0 Å². The molecule has 1 fully saturated rings. The summed E-state index contributed by atoms with van der Waals surface area (Å²) >= 11 is 0. The largest absolute Gasteiger partial charge is 0.368 e. The molecule has 1 aliphatic rings. The predicted molar refractivity (Wildman–Crippen MR) is 101 cm³/mol. The fraction of sp³-hybridized carbons (Fsp3) is 0.526. The van der Waals surface area contributed by atoms with Gasteiger partial charge in [0, 0.05) is 26.7 Å². The normalized spacial score (nSPS) is 14.3. The van der Waals surface area contributed by atoms with Gasteiger partial charge in [-0.05, 0) is 29.9 Å². The van der Waals surface area contributed by atoms with Crippen molar-refractivity contribution in [2.24, 2.45) is 0 Å². The maximum Gasteiger partial charge on any atom is 0.229 e. The minimum Gasteiger partial charge on any atom is -0.368 e. The Labute approximate surface area is 150 Å². The summed E-state index contributed by atoms with van der Waals surface area (Å²) in [6.45, 7) is 6.05. The maximum absolute atomic E-state index is 5.85. The van der Waals surface area contributed by atoms with Crippen molar-refractivity contribution in [2.45, 2.75) is 51.7 Å². The molecule has 2 N–H and O–H groups in total. The summed E-state index contributed by atoms with van der Waals surface area (Å²) in [5, 5.41) is 0. The molecule has 0 radical (unpaired) electrons. The number of benzene rings is 1. The van der Waals surface area contributed by atoms with Gasteiger partial charge in [0.05, 0.1) is 6.54 Å². The zero-order chi connectivity index (χ0) is 18.0. The Balaban J connectivity index is 1.74. The van der Waals surface area contributed by atoms with Crippen molar-refractivity contribution in [3.8, 4) is 0 Å². The van der Waals surface area contributed by atoms with Crippen molar-refractivity contribution in [3.63, 3.8) is 0 Å². The van der Waals surface area contributed by atoms with Crippen LogP contribution in [0.1, 0.15) is 49.6 Å². The Morgan fingerprint density at radius 3 is 2.28 bits per heavy atom. The minimum atomic E-state index is 0.283. The fourth-order valence-electron chi connectivity index (χ4n) is 2.87. The molecule has 1 aromatic heterocycles.